The van der Waals surface area contributed by atoms with Gasteiger partial charge in [0.2, 0.25) is 11.8 Å². The maximum Gasteiger partial charge on any atom is 0.231 e. The van der Waals surface area contributed by atoms with Crippen LogP contribution in [-0.2, 0) is 16.0 Å². The Bertz CT molecular complexity index is 985. The molecular weight excluding hydrogens is 372 g/mol. The molecule has 3 heterocycles. The molecule has 0 spiro atoms. The van der Waals surface area contributed by atoms with E-state index >= 15 is 0 Å². The van der Waals surface area contributed by atoms with E-state index in [4.69, 9.17) is 0 Å². The number of nitrogens with zero attached hydrogens (tertiary/aromatic N) is 3. The van der Waals surface area contributed by atoms with Crippen molar-refractivity contribution in [2.75, 3.05) is 16.8 Å². The summed E-state index contributed by atoms with van der Waals surface area (Å²) in [4.78, 5) is 35.3. The van der Waals surface area contributed by atoms with Crippen LogP contribution in [0.4, 0.5) is 10.8 Å². The number of aryl methyl sites for hydroxylation is 1. The molecule has 0 saturated carbocycles. The first-order valence-electron chi connectivity index (χ1n) is 9.20. The normalized spacial score (nSPS) is 16.4. The number of thiazole rings is 1. The van der Waals surface area contributed by atoms with E-state index in [-0.39, 0.29) is 24.2 Å². The van der Waals surface area contributed by atoms with Gasteiger partial charge in [-0.3, -0.25) is 14.6 Å². The number of hydrogen-bond acceptors (Lipinski definition) is 5. The van der Waals surface area contributed by atoms with Crippen molar-refractivity contribution in [2.24, 2.45) is 5.92 Å². The maximum absolute atomic E-state index is 12.6. The summed E-state index contributed by atoms with van der Waals surface area (Å²) in [6, 6.07) is 11.7. The molecule has 1 N–H and O–H groups in total. The first-order valence-corrected chi connectivity index (χ1v) is 10.1. The summed E-state index contributed by atoms with van der Waals surface area (Å²) in [6.07, 6.45) is 4.60. The molecule has 1 saturated heterocycles. The highest BCUT2D eigenvalue weighted by atomic mass is 32.1. The van der Waals surface area contributed by atoms with Crippen molar-refractivity contribution in [2.45, 2.75) is 19.8 Å². The Balaban J connectivity index is 1.41. The van der Waals surface area contributed by atoms with Gasteiger partial charge in [0.05, 0.1) is 11.6 Å². The van der Waals surface area contributed by atoms with Crippen molar-refractivity contribution in [1.82, 2.24) is 9.97 Å². The molecule has 2 aromatic heterocycles. The Morgan fingerprint density at radius 3 is 2.82 bits per heavy atom. The number of benzene rings is 1. The van der Waals surface area contributed by atoms with E-state index in [0.29, 0.717) is 11.7 Å². The zero-order valence-corrected chi connectivity index (χ0v) is 16.3. The second-order valence-electron chi connectivity index (χ2n) is 6.69. The first kappa shape index (κ1) is 18.3. The smallest absolute Gasteiger partial charge is 0.231 e. The summed E-state index contributed by atoms with van der Waals surface area (Å²) < 4.78 is 0. The van der Waals surface area contributed by atoms with Gasteiger partial charge in [0.1, 0.15) is 0 Å². The summed E-state index contributed by atoms with van der Waals surface area (Å²) in [7, 11) is 0. The van der Waals surface area contributed by atoms with Crippen molar-refractivity contribution in [3.05, 3.63) is 59.7 Å². The SMILES string of the molecule is CCc1ccc(N2CC(C(=O)Nc3nc(-c4cccnc4)cs3)CC2=O)cc1. The Labute approximate surface area is 167 Å². The molecule has 4 rings (SSSR count). The molecule has 1 atom stereocenters. The van der Waals surface area contributed by atoms with Crippen LogP contribution in [0.25, 0.3) is 11.3 Å². The van der Waals surface area contributed by atoms with Gasteiger partial charge in [0.15, 0.2) is 5.13 Å². The average molecular weight is 392 g/mol. The van der Waals surface area contributed by atoms with Gasteiger partial charge in [-0.15, -0.1) is 11.3 Å². The van der Waals surface area contributed by atoms with E-state index in [1.165, 1.54) is 16.9 Å². The molecule has 2 amide bonds. The van der Waals surface area contributed by atoms with Crippen LogP contribution in [0, 0.1) is 5.92 Å². The molecule has 3 aromatic rings. The lowest BCUT2D eigenvalue weighted by Gasteiger charge is -2.17. The minimum absolute atomic E-state index is 0.0282. The molecule has 0 aliphatic carbocycles. The standard InChI is InChI=1S/C21H20N4O2S/c1-2-14-5-7-17(8-6-14)25-12-16(10-19(25)26)20(27)24-21-23-18(13-28-21)15-4-3-9-22-11-15/h3-9,11,13,16H,2,10,12H2,1H3,(H,23,24,27). The van der Waals surface area contributed by atoms with Crippen molar-refractivity contribution in [1.29, 1.82) is 0 Å². The highest BCUT2D eigenvalue weighted by molar-refractivity contribution is 7.14. The summed E-state index contributed by atoms with van der Waals surface area (Å²) in [5, 5.41) is 5.27. The number of pyridine rings is 1. The zero-order chi connectivity index (χ0) is 19.5. The molecule has 7 heteroatoms. The number of amides is 2. The minimum atomic E-state index is -0.385. The van der Waals surface area contributed by atoms with Gasteiger partial charge in [0.25, 0.3) is 0 Å². The second kappa shape index (κ2) is 7.90. The van der Waals surface area contributed by atoms with Gasteiger partial charge in [-0.05, 0) is 36.2 Å². The molecule has 1 aliphatic heterocycles. The Hall–Kier alpha value is -3.06. The number of rotatable bonds is 5. The van der Waals surface area contributed by atoms with E-state index in [0.717, 1.165) is 23.4 Å². The number of aromatic nitrogens is 2. The van der Waals surface area contributed by atoms with Gasteiger partial charge < -0.3 is 10.2 Å². The largest absolute Gasteiger partial charge is 0.312 e. The van der Waals surface area contributed by atoms with Crippen molar-refractivity contribution in [3.8, 4) is 11.3 Å². The van der Waals surface area contributed by atoms with Crippen LogP contribution < -0.4 is 10.2 Å². The van der Waals surface area contributed by atoms with E-state index in [1.807, 2.05) is 41.8 Å². The maximum atomic E-state index is 12.6. The molecule has 6 nitrogen and oxygen atoms in total. The third-order valence-electron chi connectivity index (χ3n) is 4.84. The summed E-state index contributed by atoms with van der Waals surface area (Å²) in [5.41, 5.74) is 3.73. The topological polar surface area (TPSA) is 75.2 Å². The molecule has 1 aromatic carbocycles. The van der Waals surface area contributed by atoms with Crippen LogP contribution in [0.3, 0.4) is 0 Å². The monoisotopic (exact) mass is 392 g/mol. The van der Waals surface area contributed by atoms with Crippen LogP contribution in [0.15, 0.2) is 54.2 Å². The van der Waals surface area contributed by atoms with Crippen molar-refractivity contribution >= 4 is 34.0 Å². The van der Waals surface area contributed by atoms with Crippen molar-refractivity contribution in [3.63, 3.8) is 0 Å². The quantitative estimate of drug-likeness (QED) is 0.717. The molecule has 28 heavy (non-hydrogen) atoms. The fourth-order valence-electron chi connectivity index (χ4n) is 3.23. The summed E-state index contributed by atoms with van der Waals surface area (Å²) in [6.45, 7) is 2.48. The lowest BCUT2D eigenvalue weighted by Crippen LogP contribution is -2.28. The fraction of sp³-hybridized carbons (Fsp3) is 0.238. The highest BCUT2D eigenvalue weighted by Gasteiger charge is 2.35. The third kappa shape index (κ3) is 3.80. The molecule has 0 radical (unpaired) electrons. The van der Waals surface area contributed by atoms with Gasteiger partial charge >= 0.3 is 0 Å². The van der Waals surface area contributed by atoms with Crippen LogP contribution in [0.2, 0.25) is 0 Å². The lowest BCUT2D eigenvalue weighted by molar-refractivity contribution is -0.122. The highest BCUT2D eigenvalue weighted by Crippen LogP contribution is 2.28. The number of anilines is 2. The number of carbonyl (C=O) groups is 2. The molecule has 142 valence electrons. The summed E-state index contributed by atoms with van der Waals surface area (Å²) >= 11 is 1.36. The van der Waals surface area contributed by atoms with Crippen LogP contribution in [0.1, 0.15) is 18.9 Å². The average Bonchev–Trinajstić information content (AvgIpc) is 3.35. The van der Waals surface area contributed by atoms with Gasteiger partial charge in [0, 0.05) is 42.0 Å². The third-order valence-corrected chi connectivity index (χ3v) is 5.60. The predicted octanol–water partition coefficient (Wildman–Crippen LogP) is 3.76. The first-order chi connectivity index (χ1) is 13.6. The van der Waals surface area contributed by atoms with Crippen LogP contribution in [-0.4, -0.2) is 28.3 Å². The van der Waals surface area contributed by atoms with Crippen LogP contribution in [0.5, 0.6) is 0 Å². The van der Waals surface area contributed by atoms with Crippen molar-refractivity contribution < 1.29 is 9.59 Å². The van der Waals surface area contributed by atoms with E-state index in [1.54, 1.807) is 17.3 Å². The Kier molecular flexibility index (Phi) is 5.16. The predicted molar refractivity (Wildman–Crippen MR) is 110 cm³/mol. The van der Waals surface area contributed by atoms with E-state index < -0.39 is 0 Å². The number of hydrogen-bond donors (Lipinski definition) is 1. The molecule has 1 unspecified atom stereocenters. The summed E-state index contributed by atoms with van der Waals surface area (Å²) in [5.74, 6) is -0.586. The zero-order valence-electron chi connectivity index (χ0n) is 15.5. The number of nitrogens with one attached hydrogen (secondary N) is 1. The molecule has 0 bridgehead atoms. The number of carbonyl (C=O) groups excluding carboxylic acids is 2. The molecular formula is C21H20N4O2S. The minimum Gasteiger partial charge on any atom is -0.312 e. The second-order valence-corrected chi connectivity index (χ2v) is 7.55. The van der Waals surface area contributed by atoms with Gasteiger partial charge in [-0.2, -0.15) is 0 Å². The molecule has 1 fully saturated rings. The van der Waals surface area contributed by atoms with Gasteiger partial charge in [-0.25, -0.2) is 4.98 Å². The van der Waals surface area contributed by atoms with Gasteiger partial charge in [-0.1, -0.05) is 19.1 Å². The Morgan fingerprint density at radius 1 is 1.29 bits per heavy atom. The Morgan fingerprint density at radius 2 is 2.11 bits per heavy atom. The molecule has 1 aliphatic rings. The fourth-order valence-corrected chi connectivity index (χ4v) is 3.95. The van der Waals surface area contributed by atoms with E-state index in [9.17, 15) is 9.59 Å². The lowest BCUT2D eigenvalue weighted by atomic mass is 10.1. The van der Waals surface area contributed by atoms with E-state index in [2.05, 4.69) is 22.2 Å². The van der Waals surface area contributed by atoms with Crippen LogP contribution >= 0.6 is 11.3 Å².